The summed E-state index contributed by atoms with van der Waals surface area (Å²) < 4.78 is 34.8. The fraction of sp³-hybridized carbons (Fsp3) is 0.375. The third-order valence-electron chi connectivity index (χ3n) is 5.81. The molecule has 0 unspecified atom stereocenters. The molecule has 1 aliphatic heterocycles. The molecule has 0 spiro atoms. The molecule has 1 amide bonds. The fourth-order valence-corrected chi connectivity index (χ4v) is 5.39. The Morgan fingerprint density at radius 1 is 1.18 bits per heavy atom. The van der Waals surface area contributed by atoms with Gasteiger partial charge >= 0.3 is 0 Å². The second kappa shape index (κ2) is 9.09. The van der Waals surface area contributed by atoms with Gasteiger partial charge in [0.05, 0.1) is 17.1 Å². The third-order valence-corrected chi connectivity index (χ3v) is 7.15. The van der Waals surface area contributed by atoms with Crippen LogP contribution in [0.3, 0.4) is 0 Å². The van der Waals surface area contributed by atoms with Gasteiger partial charge in [-0.2, -0.15) is 0 Å². The minimum atomic E-state index is -4.03. The zero-order valence-corrected chi connectivity index (χ0v) is 20.5. The van der Waals surface area contributed by atoms with E-state index >= 15 is 0 Å². The number of carbonyl (C=O) groups excluding carboxylic acids is 1. The van der Waals surface area contributed by atoms with Gasteiger partial charge in [-0.1, -0.05) is 25.1 Å². The number of aromatic nitrogens is 3. The van der Waals surface area contributed by atoms with Gasteiger partial charge in [0, 0.05) is 24.3 Å². The molecule has 9 nitrogen and oxygen atoms in total. The van der Waals surface area contributed by atoms with E-state index in [2.05, 4.69) is 35.5 Å². The van der Waals surface area contributed by atoms with E-state index in [0.717, 1.165) is 6.42 Å². The van der Waals surface area contributed by atoms with Crippen molar-refractivity contribution in [2.24, 2.45) is 5.92 Å². The highest BCUT2D eigenvalue weighted by molar-refractivity contribution is 7.90. The number of nitrogens with one attached hydrogen (secondary N) is 1. The first-order valence-electron chi connectivity index (χ1n) is 11.2. The average Bonchev–Trinajstić information content (AvgIpc) is 3.36. The number of benzene rings is 1. The van der Waals surface area contributed by atoms with Crippen LogP contribution in [0.25, 0.3) is 5.82 Å². The van der Waals surface area contributed by atoms with E-state index < -0.39 is 15.9 Å². The maximum atomic E-state index is 13.2. The second-order valence-corrected chi connectivity index (χ2v) is 10.7. The maximum absolute atomic E-state index is 13.2. The van der Waals surface area contributed by atoms with Crippen LogP contribution in [0.5, 0.6) is 5.88 Å². The lowest BCUT2D eigenvalue weighted by Crippen LogP contribution is -2.41. The Morgan fingerprint density at radius 3 is 2.56 bits per heavy atom. The summed E-state index contributed by atoms with van der Waals surface area (Å²) in [6.45, 7) is 9.39. The van der Waals surface area contributed by atoms with Crippen molar-refractivity contribution in [3.63, 3.8) is 0 Å². The number of hydrogen-bond acceptors (Lipinski definition) is 7. The molecule has 0 aliphatic carbocycles. The van der Waals surface area contributed by atoms with Crippen molar-refractivity contribution in [1.29, 1.82) is 0 Å². The van der Waals surface area contributed by atoms with Crippen molar-refractivity contribution in [1.82, 2.24) is 19.5 Å². The highest BCUT2D eigenvalue weighted by atomic mass is 32.2. The van der Waals surface area contributed by atoms with Crippen LogP contribution in [0.15, 0.2) is 59.6 Å². The van der Waals surface area contributed by atoms with Crippen LogP contribution >= 0.6 is 0 Å². The van der Waals surface area contributed by atoms with Gasteiger partial charge < -0.3 is 9.64 Å². The van der Waals surface area contributed by atoms with Gasteiger partial charge in [0.2, 0.25) is 5.88 Å². The lowest BCUT2D eigenvalue weighted by molar-refractivity contribution is 0.0981. The zero-order chi connectivity index (χ0) is 24.5. The third kappa shape index (κ3) is 4.77. The van der Waals surface area contributed by atoms with Gasteiger partial charge in [-0.3, -0.25) is 4.79 Å². The van der Waals surface area contributed by atoms with Crippen molar-refractivity contribution in [3.05, 3.63) is 60.3 Å². The number of pyridine rings is 1. The number of amides is 1. The van der Waals surface area contributed by atoms with Crippen LogP contribution in [0.1, 0.15) is 44.5 Å². The van der Waals surface area contributed by atoms with E-state index in [4.69, 9.17) is 9.72 Å². The van der Waals surface area contributed by atoms with Crippen LogP contribution in [-0.2, 0) is 10.0 Å². The van der Waals surface area contributed by atoms with Crippen LogP contribution in [0, 0.1) is 5.92 Å². The number of hydrogen-bond donors (Lipinski definition) is 1. The number of sulfonamides is 1. The Kier molecular flexibility index (Phi) is 6.35. The minimum absolute atomic E-state index is 0.0181. The summed E-state index contributed by atoms with van der Waals surface area (Å²) in [5, 5.41) is 4.38. The molecule has 1 aliphatic rings. The average molecular weight is 484 g/mol. The molecule has 3 heterocycles. The molecular weight excluding hydrogens is 454 g/mol. The summed E-state index contributed by atoms with van der Waals surface area (Å²) in [5.41, 5.74) is -0.0819. The summed E-state index contributed by atoms with van der Waals surface area (Å²) in [6.07, 6.45) is 2.65. The van der Waals surface area contributed by atoms with E-state index in [9.17, 15) is 13.2 Å². The van der Waals surface area contributed by atoms with Gasteiger partial charge in [-0.25, -0.2) is 22.8 Å². The van der Waals surface area contributed by atoms with Crippen LogP contribution in [0.4, 0.5) is 5.82 Å². The molecule has 2 aromatic heterocycles. The molecule has 180 valence electrons. The molecule has 0 bridgehead atoms. The summed E-state index contributed by atoms with van der Waals surface area (Å²) in [5.74, 6) is 1.04. The number of anilines is 1. The minimum Gasteiger partial charge on any atom is -0.477 e. The summed E-state index contributed by atoms with van der Waals surface area (Å²) in [7, 11) is -4.03. The highest BCUT2D eigenvalue weighted by Crippen LogP contribution is 2.37. The van der Waals surface area contributed by atoms with E-state index in [-0.39, 0.29) is 16.0 Å². The van der Waals surface area contributed by atoms with Gasteiger partial charge in [-0.05, 0) is 57.4 Å². The molecule has 1 N–H and O–H groups in total. The predicted octanol–water partition coefficient (Wildman–Crippen LogP) is 3.41. The second-order valence-electron chi connectivity index (χ2n) is 9.05. The van der Waals surface area contributed by atoms with Gasteiger partial charge in [0.15, 0.2) is 5.82 Å². The maximum Gasteiger partial charge on any atom is 0.268 e. The van der Waals surface area contributed by atoms with Gasteiger partial charge in [-0.15, -0.1) is 5.10 Å². The molecule has 0 saturated carbocycles. The zero-order valence-electron chi connectivity index (χ0n) is 19.7. The molecule has 1 aromatic carbocycles. The lowest BCUT2D eigenvalue weighted by atomic mass is 9.97. The fourth-order valence-electron chi connectivity index (χ4n) is 4.40. The van der Waals surface area contributed by atoms with Crippen molar-refractivity contribution < 1.29 is 17.9 Å². The molecule has 1 atom stereocenters. The van der Waals surface area contributed by atoms with Crippen molar-refractivity contribution >= 4 is 21.7 Å². The summed E-state index contributed by atoms with van der Waals surface area (Å²) >= 11 is 0. The Labute approximate surface area is 199 Å². The molecule has 1 saturated heterocycles. The molecule has 4 rings (SSSR count). The largest absolute Gasteiger partial charge is 0.477 e. The molecule has 3 aromatic rings. The van der Waals surface area contributed by atoms with Gasteiger partial charge in [0.25, 0.3) is 15.9 Å². The van der Waals surface area contributed by atoms with E-state index in [1.54, 1.807) is 47.3 Å². The normalized spacial score (nSPS) is 17.5. The summed E-state index contributed by atoms with van der Waals surface area (Å²) in [6, 6.07) is 12.8. The van der Waals surface area contributed by atoms with E-state index in [0.29, 0.717) is 36.6 Å². The first kappa shape index (κ1) is 23.7. The SMILES string of the molecule is CCOc1ccn(-c2ccc(C(=O)NS(=O)(=O)c3ccccc3)c(N3C[C@@H](C)CC3(C)C)n2)n1. The lowest BCUT2D eigenvalue weighted by Gasteiger charge is -2.34. The molecule has 1 fully saturated rings. The number of rotatable bonds is 7. The predicted molar refractivity (Wildman–Crippen MR) is 129 cm³/mol. The Morgan fingerprint density at radius 2 is 1.91 bits per heavy atom. The van der Waals surface area contributed by atoms with Crippen molar-refractivity contribution in [3.8, 4) is 11.7 Å². The Hall–Kier alpha value is -3.40. The van der Waals surface area contributed by atoms with Crippen LogP contribution < -0.4 is 14.4 Å². The van der Waals surface area contributed by atoms with Gasteiger partial charge in [0.1, 0.15) is 5.82 Å². The monoisotopic (exact) mass is 483 g/mol. The first-order valence-corrected chi connectivity index (χ1v) is 12.7. The Balaban J connectivity index is 1.74. The Bertz CT molecular complexity index is 1290. The van der Waals surface area contributed by atoms with Crippen molar-refractivity contribution in [2.75, 3.05) is 18.1 Å². The quantitative estimate of drug-likeness (QED) is 0.549. The molecular formula is C24H29N5O4S. The summed E-state index contributed by atoms with van der Waals surface area (Å²) in [4.78, 5) is 20.1. The van der Waals surface area contributed by atoms with Crippen LogP contribution in [0.2, 0.25) is 0 Å². The highest BCUT2D eigenvalue weighted by Gasteiger charge is 2.39. The molecule has 10 heteroatoms. The molecule has 34 heavy (non-hydrogen) atoms. The first-order chi connectivity index (χ1) is 16.1. The smallest absolute Gasteiger partial charge is 0.268 e. The standard InChI is InChI=1S/C24H29N5O4S/c1-5-33-21-13-14-29(26-21)20-12-11-19(22(25-20)28-16-17(2)15-24(28,3)4)23(30)27-34(31,32)18-9-7-6-8-10-18/h6-14,17H,5,15-16H2,1-4H3,(H,27,30)/t17-/m0/s1. The molecule has 0 radical (unpaired) electrons. The van der Waals surface area contributed by atoms with E-state index in [1.807, 2.05) is 6.92 Å². The topological polar surface area (TPSA) is 106 Å². The number of carbonyl (C=O) groups is 1. The van der Waals surface area contributed by atoms with Crippen LogP contribution in [-0.4, -0.2) is 47.8 Å². The number of nitrogens with zero attached hydrogens (tertiary/aromatic N) is 4. The van der Waals surface area contributed by atoms with Crippen molar-refractivity contribution in [2.45, 2.75) is 44.6 Å². The number of ether oxygens (including phenoxy) is 1. The van der Waals surface area contributed by atoms with E-state index in [1.165, 1.54) is 12.1 Å².